The largest absolute Gasteiger partial charge is 0.461 e. The van der Waals surface area contributed by atoms with Crippen molar-refractivity contribution < 1.29 is 9.21 Å². The molecule has 0 aromatic carbocycles. The Morgan fingerprint density at radius 3 is 2.87 bits per heavy atom. The molecule has 0 unspecified atom stereocenters. The van der Waals surface area contributed by atoms with E-state index in [0.29, 0.717) is 5.76 Å². The second-order valence-electron chi connectivity index (χ2n) is 3.90. The first-order chi connectivity index (χ1) is 7.25. The second-order valence-corrected chi connectivity index (χ2v) is 3.90. The van der Waals surface area contributed by atoms with Gasteiger partial charge in [0, 0.05) is 45.2 Å². The van der Waals surface area contributed by atoms with E-state index in [1.807, 2.05) is 6.07 Å². The van der Waals surface area contributed by atoms with Gasteiger partial charge in [-0.05, 0) is 6.07 Å². The highest BCUT2D eigenvalue weighted by atomic mass is 16.3. The van der Waals surface area contributed by atoms with Crippen LogP contribution < -0.4 is 5.32 Å². The molecule has 0 atom stereocenters. The number of piperazine rings is 1. The van der Waals surface area contributed by atoms with Crippen LogP contribution >= 0.6 is 0 Å². The molecular weight excluding hydrogens is 192 g/mol. The normalized spacial score (nSPS) is 17.9. The quantitative estimate of drug-likeness (QED) is 0.749. The summed E-state index contributed by atoms with van der Waals surface area (Å²) in [4.78, 5) is 13.4. The zero-order valence-electron chi connectivity index (χ0n) is 8.95. The molecule has 1 fully saturated rings. The predicted molar refractivity (Wildman–Crippen MR) is 56.9 cm³/mol. The van der Waals surface area contributed by atoms with Crippen molar-refractivity contribution in [2.24, 2.45) is 0 Å². The third kappa shape index (κ3) is 2.67. The van der Waals surface area contributed by atoms with Gasteiger partial charge in [-0.2, -0.15) is 0 Å². The number of furan rings is 1. The van der Waals surface area contributed by atoms with E-state index >= 15 is 0 Å². The molecule has 4 nitrogen and oxygen atoms in total. The Morgan fingerprint density at radius 1 is 1.53 bits per heavy atom. The van der Waals surface area contributed by atoms with Gasteiger partial charge in [0.2, 0.25) is 0 Å². The van der Waals surface area contributed by atoms with Gasteiger partial charge in [0.05, 0.1) is 6.26 Å². The third-order valence-electron chi connectivity index (χ3n) is 2.62. The van der Waals surface area contributed by atoms with Crippen LogP contribution in [0.5, 0.6) is 0 Å². The molecule has 2 rings (SSSR count). The van der Waals surface area contributed by atoms with Crippen LogP contribution in [0.1, 0.15) is 23.0 Å². The van der Waals surface area contributed by atoms with Gasteiger partial charge in [-0.1, -0.05) is 0 Å². The molecule has 0 amide bonds. The summed E-state index contributed by atoms with van der Waals surface area (Å²) in [6, 6.07) is 1.84. The van der Waals surface area contributed by atoms with Crippen molar-refractivity contribution in [2.45, 2.75) is 13.5 Å². The van der Waals surface area contributed by atoms with E-state index < -0.39 is 0 Å². The number of carbonyl (C=O) groups is 1. The van der Waals surface area contributed by atoms with Gasteiger partial charge in [0.25, 0.3) is 0 Å². The van der Waals surface area contributed by atoms with Crippen molar-refractivity contribution in [1.82, 2.24) is 10.2 Å². The highest BCUT2D eigenvalue weighted by Crippen LogP contribution is 2.11. The summed E-state index contributed by atoms with van der Waals surface area (Å²) in [5, 5.41) is 3.30. The van der Waals surface area contributed by atoms with Gasteiger partial charge in [-0.3, -0.25) is 9.69 Å². The van der Waals surface area contributed by atoms with Crippen LogP contribution in [0, 0.1) is 0 Å². The summed E-state index contributed by atoms with van der Waals surface area (Å²) in [5.41, 5.74) is 1.09. The van der Waals surface area contributed by atoms with Crippen LogP contribution in [0.4, 0.5) is 0 Å². The maximum Gasteiger partial charge on any atom is 0.194 e. The maximum atomic E-state index is 11.0. The van der Waals surface area contributed by atoms with Crippen molar-refractivity contribution in [3.63, 3.8) is 0 Å². The molecule has 1 aromatic rings. The van der Waals surface area contributed by atoms with Crippen molar-refractivity contribution in [3.05, 3.63) is 23.7 Å². The van der Waals surface area contributed by atoms with E-state index in [9.17, 15) is 4.79 Å². The summed E-state index contributed by atoms with van der Waals surface area (Å²) >= 11 is 0. The Balaban J connectivity index is 1.94. The molecule has 15 heavy (non-hydrogen) atoms. The topological polar surface area (TPSA) is 45.5 Å². The molecular formula is C11H16N2O2. The minimum absolute atomic E-state index is 0.0124. The number of nitrogens with one attached hydrogen (secondary N) is 1. The summed E-state index contributed by atoms with van der Waals surface area (Å²) in [6.45, 7) is 6.59. The highest BCUT2D eigenvalue weighted by molar-refractivity contribution is 5.91. The Morgan fingerprint density at radius 2 is 2.27 bits per heavy atom. The first-order valence-electron chi connectivity index (χ1n) is 5.27. The summed E-state index contributed by atoms with van der Waals surface area (Å²) < 4.78 is 5.18. The van der Waals surface area contributed by atoms with Crippen LogP contribution in [0.25, 0.3) is 0 Å². The van der Waals surface area contributed by atoms with Crippen LogP contribution in [-0.2, 0) is 6.54 Å². The van der Waals surface area contributed by atoms with E-state index in [2.05, 4.69) is 10.2 Å². The number of Topliss-reactive ketones (excluding diaryl/α,β-unsaturated/α-hetero) is 1. The molecule has 1 saturated heterocycles. The van der Waals surface area contributed by atoms with E-state index in [4.69, 9.17) is 4.42 Å². The number of hydrogen-bond donors (Lipinski definition) is 1. The lowest BCUT2D eigenvalue weighted by atomic mass is 10.2. The molecule has 1 N–H and O–H groups in total. The molecule has 0 spiro atoms. The molecule has 1 aromatic heterocycles. The smallest absolute Gasteiger partial charge is 0.194 e. The number of ketones is 1. The van der Waals surface area contributed by atoms with Crippen molar-refractivity contribution >= 4 is 5.78 Å². The van der Waals surface area contributed by atoms with Crippen LogP contribution in [0.15, 0.2) is 16.7 Å². The number of rotatable bonds is 3. The van der Waals surface area contributed by atoms with Gasteiger partial charge in [-0.15, -0.1) is 0 Å². The van der Waals surface area contributed by atoms with Crippen molar-refractivity contribution in [2.75, 3.05) is 26.2 Å². The fourth-order valence-electron chi connectivity index (χ4n) is 1.77. The first kappa shape index (κ1) is 10.4. The summed E-state index contributed by atoms with van der Waals surface area (Å²) in [7, 11) is 0. The average molecular weight is 208 g/mol. The van der Waals surface area contributed by atoms with E-state index in [1.54, 1.807) is 6.26 Å². The monoisotopic (exact) mass is 208 g/mol. The van der Waals surface area contributed by atoms with Crippen LogP contribution in [-0.4, -0.2) is 36.9 Å². The molecule has 0 bridgehead atoms. The highest BCUT2D eigenvalue weighted by Gasteiger charge is 2.12. The predicted octanol–water partition coefficient (Wildman–Crippen LogP) is 0.887. The molecule has 0 saturated carbocycles. The molecule has 0 radical (unpaired) electrons. The molecule has 0 aliphatic carbocycles. The lowest BCUT2D eigenvalue weighted by Gasteiger charge is -2.26. The average Bonchev–Trinajstić information content (AvgIpc) is 2.68. The number of nitrogens with zero attached hydrogens (tertiary/aromatic N) is 1. The Hall–Kier alpha value is -1.13. The van der Waals surface area contributed by atoms with Gasteiger partial charge < -0.3 is 9.73 Å². The van der Waals surface area contributed by atoms with Gasteiger partial charge >= 0.3 is 0 Å². The lowest BCUT2D eigenvalue weighted by Crippen LogP contribution is -2.42. The van der Waals surface area contributed by atoms with Crippen molar-refractivity contribution in [3.8, 4) is 0 Å². The molecule has 1 aliphatic heterocycles. The zero-order chi connectivity index (χ0) is 10.7. The van der Waals surface area contributed by atoms with Crippen LogP contribution in [0.3, 0.4) is 0 Å². The zero-order valence-corrected chi connectivity index (χ0v) is 8.95. The first-order valence-corrected chi connectivity index (χ1v) is 5.27. The molecule has 2 heterocycles. The molecule has 82 valence electrons. The Labute approximate surface area is 89.2 Å². The maximum absolute atomic E-state index is 11.0. The molecule has 1 aliphatic rings. The lowest BCUT2D eigenvalue weighted by molar-refractivity contribution is 0.0987. The minimum Gasteiger partial charge on any atom is -0.461 e. The second kappa shape index (κ2) is 4.59. The fourth-order valence-corrected chi connectivity index (χ4v) is 1.77. The fraction of sp³-hybridized carbons (Fsp3) is 0.545. The standard InChI is InChI=1S/C11H16N2O2/c1-9(14)11-6-10(8-15-11)7-13-4-2-12-3-5-13/h6,8,12H,2-5,7H2,1H3. The SMILES string of the molecule is CC(=O)c1cc(CN2CCNCC2)co1. The number of carbonyl (C=O) groups excluding carboxylic acids is 1. The Kier molecular flexibility index (Phi) is 3.18. The van der Waals surface area contributed by atoms with Gasteiger partial charge in [0.1, 0.15) is 0 Å². The van der Waals surface area contributed by atoms with Gasteiger partial charge in [0.15, 0.2) is 11.5 Å². The van der Waals surface area contributed by atoms with E-state index in [1.165, 1.54) is 6.92 Å². The summed E-state index contributed by atoms with van der Waals surface area (Å²) in [5.74, 6) is 0.446. The third-order valence-corrected chi connectivity index (χ3v) is 2.62. The van der Waals surface area contributed by atoms with E-state index in [0.717, 1.165) is 38.3 Å². The minimum atomic E-state index is -0.0124. The van der Waals surface area contributed by atoms with Gasteiger partial charge in [-0.25, -0.2) is 0 Å². The van der Waals surface area contributed by atoms with Crippen LogP contribution in [0.2, 0.25) is 0 Å². The number of hydrogen-bond acceptors (Lipinski definition) is 4. The molecule has 4 heteroatoms. The summed E-state index contributed by atoms with van der Waals surface area (Å²) in [6.07, 6.45) is 1.68. The Bertz CT molecular complexity index is 340. The van der Waals surface area contributed by atoms with E-state index in [-0.39, 0.29) is 5.78 Å². The van der Waals surface area contributed by atoms with Crippen molar-refractivity contribution in [1.29, 1.82) is 0 Å².